The minimum Gasteiger partial charge on any atom is -0.483 e. The van der Waals surface area contributed by atoms with E-state index in [1.807, 2.05) is 80.6 Å². The molecule has 0 aliphatic rings. The van der Waals surface area contributed by atoms with Gasteiger partial charge in [0.25, 0.3) is 11.8 Å². The smallest absolute Gasteiger partial charge is 0.276 e. The Hall–Kier alpha value is -3.60. The lowest BCUT2D eigenvalue weighted by atomic mass is 10.0. The number of aryl methyl sites for hydroxylation is 2. The SMILES string of the molecule is Cc1ccc(C(=O)NNC(=O)COc2ccccc2Cc2ccccc2)c(C)c1. The molecule has 5 heteroatoms. The van der Waals surface area contributed by atoms with Gasteiger partial charge >= 0.3 is 0 Å². The quantitative estimate of drug-likeness (QED) is 0.632. The summed E-state index contributed by atoms with van der Waals surface area (Å²) in [6, 6.07) is 23.2. The van der Waals surface area contributed by atoms with E-state index in [4.69, 9.17) is 4.74 Å². The molecule has 0 radical (unpaired) electrons. The molecule has 0 aliphatic carbocycles. The van der Waals surface area contributed by atoms with Gasteiger partial charge in [0.05, 0.1) is 0 Å². The number of nitrogens with one attached hydrogen (secondary N) is 2. The zero-order valence-corrected chi connectivity index (χ0v) is 16.6. The molecule has 2 N–H and O–H groups in total. The van der Waals surface area contributed by atoms with E-state index in [1.54, 1.807) is 6.07 Å². The molecule has 29 heavy (non-hydrogen) atoms. The fourth-order valence-corrected chi connectivity index (χ4v) is 3.05. The number of para-hydroxylation sites is 1. The van der Waals surface area contributed by atoms with Crippen LogP contribution in [0.4, 0.5) is 0 Å². The van der Waals surface area contributed by atoms with Gasteiger partial charge < -0.3 is 4.74 Å². The zero-order chi connectivity index (χ0) is 20.6. The Morgan fingerprint density at radius 3 is 2.34 bits per heavy atom. The van der Waals surface area contributed by atoms with Crippen LogP contribution in [0.5, 0.6) is 5.75 Å². The average Bonchev–Trinajstić information content (AvgIpc) is 2.72. The van der Waals surface area contributed by atoms with E-state index in [9.17, 15) is 9.59 Å². The molecule has 0 heterocycles. The molecule has 0 spiro atoms. The molecule has 3 rings (SSSR count). The lowest BCUT2D eigenvalue weighted by Gasteiger charge is -2.13. The number of amides is 2. The van der Waals surface area contributed by atoms with Gasteiger partial charge in [0, 0.05) is 12.0 Å². The summed E-state index contributed by atoms with van der Waals surface area (Å²) >= 11 is 0. The maximum Gasteiger partial charge on any atom is 0.276 e. The van der Waals surface area contributed by atoms with Gasteiger partial charge in [0.2, 0.25) is 0 Å². The Balaban J connectivity index is 1.54. The highest BCUT2D eigenvalue weighted by molar-refractivity contribution is 5.96. The molecule has 0 atom stereocenters. The standard InChI is InChI=1S/C24H24N2O3/c1-17-12-13-21(18(2)14-17)24(28)26-25-23(27)16-29-22-11-7-6-10-20(22)15-19-8-4-3-5-9-19/h3-14H,15-16H2,1-2H3,(H,25,27)(H,26,28). The third kappa shape index (κ3) is 5.69. The van der Waals surface area contributed by atoms with Crippen LogP contribution in [0, 0.1) is 13.8 Å². The first kappa shape index (κ1) is 20.1. The second-order valence-corrected chi connectivity index (χ2v) is 6.88. The maximum absolute atomic E-state index is 12.2. The largest absolute Gasteiger partial charge is 0.483 e. The third-order valence-electron chi connectivity index (χ3n) is 4.51. The number of benzene rings is 3. The van der Waals surface area contributed by atoms with Crippen LogP contribution < -0.4 is 15.6 Å². The molecule has 0 saturated heterocycles. The van der Waals surface area contributed by atoms with Crippen molar-refractivity contribution in [2.75, 3.05) is 6.61 Å². The summed E-state index contributed by atoms with van der Waals surface area (Å²) in [5, 5.41) is 0. The average molecular weight is 388 g/mol. The summed E-state index contributed by atoms with van der Waals surface area (Å²) in [7, 11) is 0. The molecule has 2 amide bonds. The molecule has 3 aromatic carbocycles. The van der Waals surface area contributed by atoms with Gasteiger partial charge in [-0.2, -0.15) is 0 Å². The van der Waals surface area contributed by atoms with Crippen LogP contribution in [-0.2, 0) is 11.2 Å². The van der Waals surface area contributed by atoms with E-state index in [1.165, 1.54) is 0 Å². The molecule has 0 aliphatic heterocycles. The second kappa shape index (κ2) is 9.55. The third-order valence-corrected chi connectivity index (χ3v) is 4.51. The van der Waals surface area contributed by atoms with Gasteiger partial charge in [0.1, 0.15) is 5.75 Å². The van der Waals surface area contributed by atoms with Crippen molar-refractivity contribution in [2.24, 2.45) is 0 Å². The highest BCUT2D eigenvalue weighted by Crippen LogP contribution is 2.21. The zero-order valence-electron chi connectivity index (χ0n) is 16.6. The van der Waals surface area contributed by atoms with Crippen LogP contribution in [0.1, 0.15) is 32.6 Å². The normalized spacial score (nSPS) is 10.3. The highest BCUT2D eigenvalue weighted by Gasteiger charge is 2.11. The van der Waals surface area contributed by atoms with Gasteiger partial charge in [-0.25, -0.2) is 0 Å². The Kier molecular flexibility index (Phi) is 6.63. The minimum atomic E-state index is -0.433. The molecule has 0 saturated carbocycles. The van der Waals surface area contributed by atoms with Gasteiger partial charge in [-0.1, -0.05) is 66.2 Å². The van der Waals surface area contributed by atoms with Crippen molar-refractivity contribution in [3.05, 3.63) is 101 Å². The predicted octanol–water partition coefficient (Wildman–Crippen LogP) is 3.73. The van der Waals surface area contributed by atoms with E-state index in [2.05, 4.69) is 10.9 Å². The summed E-state index contributed by atoms with van der Waals surface area (Å²) in [6.45, 7) is 3.62. The summed E-state index contributed by atoms with van der Waals surface area (Å²) in [5.74, 6) is -0.148. The molecule has 0 unspecified atom stereocenters. The van der Waals surface area contributed by atoms with Crippen molar-refractivity contribution >= 4 is 11.8 Å². The highest BCUT2D eigenvalue weighted by atomic mass is 16.5. The Bertz CT molecular complexity index is 1000. The Labute approximate surface area is 170 Å². The fourth-order valence-electron chi connectivity index (χ4n) is 3.05. The van der Waals surface area contributed by atoms with Crippen molar-refractivity contribution in [1.29, 1.82) is 0 Å². The van der Waals surface area contributed by atoms with Crippen LogP contribution in [-0.4, -0.2) is 18.4 Å². The predicted molar refractivity (Wildman–Crippen MR) is 113 cm³/mol. The van der Waals surface area contributed by atoms with E-state index in [-0.39, 0.29) is 12.5 Å². The number of hydrogen-bond donors (Lipinski definition) is 2. The van der Waals surface area contributed by atoms with Crippen LogP contribution in [0.15, 0.2) is 72.8 Å². The van der Waals surface area contributed by atoms with Crippen LogP contribution in [0.25, 0.3) is 0 Å². The minimum absolute atomic E-state index is 0.195. The molecular weight excluding hydrogens is 364 g/mol. The first-order valence-electron chi connectivity index (χ1n) is 9.44. The number of ether oxygens (including phenoxy) is 1. The summed E-state index contributed by atoms with van der Waals surface area (Å²) in [6.07, 6.45) is 0.710. The number of hydrazine groups is 1. The van der Waals surface area contributed by atoms with Crippen LogP contribution in [0.3, 0.4) is 0 Å². The van der Waals surface area contributed by atoms with Gasteiger partial charge in [-0.15, -0.1) is 0 Å². The van der Waals surface area contributed by atoms with Gasteiger partial charge in [-0.3, -0.25) is 20.4 Å². The van der Waals surface area contributed by atoms with Crippen molar-refractivity contribution < 1.29 is 14.3 Å². The molecule has 148 valence electrons. The van der Waals surface area contributed by atoms with Crippen LogP contribution in [0.2, 0.25) is 0 Å². The van der Waals surface area contributed by atoms with E-state index < -0.39 is 5.91 Å². The summed E-state index contributed by atoms with van der Waals surface area (Å²) in [4.78, 5) is 24.4. The monoisotopic (exact) mass is 388 g/mol. The maximum atomic E-state index is 12.2. The lowest BCUT2D eigenvalue weighted by Crippen LogP contribution is -2.44. The van der Waals surface area contributed by atoms with Crippen molar-refractivity contribution in [1.82, 2.24) is 10.9 Å². The number of carbonyl (C=O) groups is 2. The Morgan fingerprint density at radius 1 is 0.862 bits per heavy atom. The fraction of sp³-hybridized carbons (Fsp3) is 0.167. The first-order valence-corrected chi connectivity index (χ1v) is 9.44. The van der Waals surface area contributed by atoms with Gasteiger partial charge in [-0.05, 0) is 42.7 Å². The van der Waals surface area contributed by atoms with Crippen LogP contribution >= 0.6 is 0 Å². The van der Waals surface area contributed by atoms with Gasteiger partial charge in [0.15, 0.2) is 6.61 Å². The van der Waals surface area contributed by atoms with Crippen molar-refractivity contribution in [3.8, 4) is 5.75 Å². The molecular formula is C24H24N2O3. The molecule has 3 aromatic rings. The number of hydrogen-bond acceptors (Lipinski definition) is 3. The molecule has 0 bridgehead atoms. The molecule has 0 aromatic heterocycles. The van der Waals surface area contributed by atoms with E-state index >= 15 is 0 Å². The van der Waals surface area contributed by atoms with Crippen molar-refractivity contribution in [2.45, 2.75) is 20.3 Å². The topological polar surface area (TPSA) is 67.4 Å². The van der Waals surface area contributed by atoms with E-state index in [0.717, 1.165) is 22.3 Å². The second-order valence-electron chi connectivity index (χ2n) is 6.88. The van der Waals surface area contributed by atoms with Crippen molar-refractivity contribution in [3.63, 3.8) is 0 Å². The number of rotatable bonds is 6. The summed E-state index contributed by atoms with van der Waals surface area (Å²) < 4.78 is 5.69. The van der Waals surface area contributed by atoms with E-state index in [0.29, 0.717) is 17.7 Å². The molecule has 0 fully saturated rings. The molecule has 5 nitrogen and oxygen atoms in total. The lowest BCUT2D eigenvalue weighted by molar-refractivity contribution is -0.123. The number of carbonyl (C=O) groups excluding carboxylic acids is 2. The first-order chi connectivity index (χ1) is 14.0. The summed E-state index contributed by atoms with van der Waals surface area (Å²) in [5.41, 5.74) is 9.43. The Morgan fingerprint density at radius 2 is 1.59 bits per heavy atom.